The Morgan fingerprint density at radius 1 is 1.00 bits per heavy atom. The smallest absolute Gasteiger partial charge is 0.275 e. The van der Waals surface area contributed by atoms with Gasteiger partial charge in [-0.05, 0) is 36.8 Å². The number of anilines is 3. The van der Waals surface area contributed by atoms with Crippen LogP contribution < -0.4 is 20.1 Å². The minimum absolute atomic E-state index is 0.192. The molecule has 2 aromatic carbocycles. The molecule has 0 aliphatic rings. The molecule has 0 fully saturated rings. The number of carbonyl (C=O) groups is 1. The highest BCUT2D eigenvalue weighted by Crippen LogP contribution is 2.30. The van der Waals surface area contributed by atoms with E-state index in [4.69, 9.17) is 21.1 Å². The number of nitrogens with one attached hydrogen (secondary N) is 2. The number of aryl methyl sites for hydroxylation is 1. The second kappa shape index (κ2) is 8.58. The van der Waals surface area contributed by atoms with Gasteiger partial charge in [-0.2, -0.15) is 0 Å². The van der Waals surface area contributed by atoms with Crippen molar-refractivity contribution in [2.75, 3.05) is 24.9 Å². The van der Waals surface area contributed by atoms with Crippen molar-refractivity contribution in [1.29, 1.82) is 0 Å². The van der Waals surface area contributed by atoms with Crippen molar-refractivity contribution in [3.05, 3.63) is 65.1 Å². The first-order valence-corrected chi connectivity index (χ1v) is 8.76. The minimum atomic E-state index is -0.365. The fourth-order valence-electron chi connectivity index (χ4n) is 2.49. The molecule has 0 bridgehead atoms. The topological polar surface area (TPSA) is 85.4 Å². The summed E-state index contributed by atoms with van der Waals surface area (Å²) in [4.78, 5) is 20.8. The molecule has 2 N–H and O–H groups in total. The number of aromatic nitrogens is 2. The van der Waals surface area contributed by atoms with Gasteiger partial charge < -0.3 is 20.1 Å². The Bertz CT molecular complexity index is 993. The Balaban J connectivity index is 1.71. The lowest BCUT2D eigenvalue weighted by Gasteiger charge is -2.11. The van der Waals surface area contributed by atoms with Crippen molar-refractivity contribution in [2.24, 2.45) is 0 Å². The Hall–Kier alpha value is -3.32. The number of amides is 1. The van der Waals surface area contributed by atoms with Gasteiger partial charge in [-0.25, -0.2) is 9.97 Å². The first kappa shape index (κ1) is 19.4. The van der Waals surface area contributed by atoms with E-state index in [1.54, 1.807) is 38.5 Å². The Labute approximate surface area is 167 Å². The molecule has 0 spiro atoms. The second-order valence-corrected chi connectivity index (χ2v) is 6.33. The van der Waals surface area contributed by atoms with Crippen molar-refractivity contribution in [1.82, 2.24) is 9.97 Å². The van der Waals surface area contributed by atoms with Crippen LogP contribution in [-0.4, -0.2) is 30.1 Å². The highest BCUT2D eigenvalue weighted by molar-refractivity contribution is 6.31. The van der Waals surface area contributed by atoms with E-state index in [-0.39, 0.29) is 11.6 Å². The van der Waals surface area contributed by atoms with E-state index in [1.165, 1.54) is 12.4 Å². The van der Waals surface area contributed by atoms with Crippen molar-refractivity contribution in [3.8, 4) is 11.5 Å². The predicted molar refractivity (Wildman–Crippen MR) is 109 cm³/mol. The van der Waals surface area contributed by atoms with Gasteiger partial charge in [0.1, 0.15) is 11.5 Å². The van der Waals surface area contributed by atoms with Crippen LogP contribution in [0.15, 0.2) is 48.8 Å². The van der Waals surface area contributed by atoms with Crippen molar-refractivity contribution in [2.45, 2.75) is 6.92 Å². The largest absolute Gasteiger partial charge is 0.493 e. The van der Waals surface area contributed by atoms with E-state index in [9.17, 15) is 4.79 Å². The highest BCUT2D eigenvalue weighted by Gasteiger charge is 2.11. The molecule has 0 saturated carbocycles. The van der Waals surface area contributed by atoms with Crippen LogP contribution in [0, 0.1) is 6.92 Å². The third-order valence-corrected chi connectivity index (χ3v) is 4.22. The average molecular weight is 399 g/mol. The number of nitrogens with zero attached hydrogens (tertiary/aromatic N) is 2. The Kier molecular flexibility index (Phi) is 5.96. The molecular formula is C20H19ClN4O3. The zero-order chi connectivity index (χ0) is 20.1. The van der Waals surface area contributed by atoms with Crippen molar-refractivity contribution in [3.63, 3.8) is 0 Å². The van der Waals surface area contributed by atoms with Crippen LogP contribution in [0.2, 0.25) is 5.02 Å². The summed E-state index contributed by atoms with van der Waals surface area (Å²) < 4.78 is 10.5. The van der Waals surface area contributed by atoms with Gasteiger partial charge in [-0.3, -0.25) is 4.79 Å². The molecule has 7 nitrogen and oxygen atoms in total. The number of methoxy groups -OCH3 is 2. The maximum Gasteiger partial charge on any atom is 0.275 e. The molecule has 0 saturated heterocycles. The van der Waals surface area contributed by atoms with Gasteiger partial charge in [0, 0.05) is 22.5 Å². The molecule has 0 unspecified atom stereocenters. The van der Waals surface area contributed by atoms with Crippen LogP contribution in [-0.2, 0) is 0 Å². The summed E-state index contributed by atoms with van der Waals surface area (Å²) in [5.41, 5.74) is 2.47. The maximum atomic E-state index is 12.4. The normalized spacial score (nSPS) is 10.3. The molecule has 1 amide bonds. The standard InChI is InChI=1S/C20H19ClN4O3/c1-12-4-5-13(21)8-15(12)25-20(26)16-10-23-19(11-22-16)24-14-6-7-17(27-2)18(9-14)28-3/h4-11H,1-3H3,(H,23,24)(H,25,26). The summed E-state index contributed by atoms with van der Waals surface area (Å²) in [5.74, 6) is 1.34. The van der Waals surface area contributed by atoms with Gasteiger partial charge in [0.25, 0.3) is 5.91 Å². The van der Waals surface area contributed by atoms with E-state index < -0.39 is 0 Å². The van der Waals surface area contributed by atoms with Crippen LogP contribution >= 0.6 is 11.6 Å². The third kappa shape index (κ3) is 4.50. The van der Waals surface area contributed by atoms with Crippen molar-refractivity contribution < 1.29 is 14.3 Å². The van der Waals surface area contributed by atoms with Crippen molar-refractivity contribution >= 4 is 34.7 Å². The maximum absolute atomic E-state index is 12.4. The van der Waals surface area contributed by atoms with Gasteiger partial charge in [-0.1, -0.05) is 17.7 Å². The number of benzene rings is 2. The van der Waals surface area contributed by atoms with Gasteiger partial charge in [0.2, 0.25) is 0 Å². The first-order chi connectivity index (χ1) is 13.5. The zero-order valence-electron chi connectivity index (χ0n) is 15.6. The lowest BCUT2D eigenvalue weighted by Crippen LogP contribution is -2.15. The molecule has 0 radical (unpaired) electrons. The Morgan fingerprint density at radius 2 is 1.79 bits per heavy atom. The van der Waals surface area contributed by atoms with Crippen LogP contribution in [0.3, 0.4) is 0 Å². The molecule has 144 valence electrons. The summed E-state index contributed by atoms with van der Waals surface area (Å²) in [6.07, 6.45) is 2.88. The number of halogens is 1. The van der Waals surface area contributed by atoms with Gasteiger partial charge in [0.15, 0.2) is 11.5 Å². The van der Waals surface area contributed by atoms with E-state index in [0.717, 1.165) is 11.3 Å². The quantitative estimate of drug-likeness (QED) is 0.638. The molecule has 3 rings (SSSR count). The summed E-state index contributed by atoms with van der Waals surface area (Å²) >= 11 is 5.98. The number of hydrogen-bond donors (Lipinski definition) is 2. The number of ether oxygens (including phenoxy) is 2. The molecular weight excluding hydrogens is 380 g/mol. The lowest BCUT2D eigenvalue weighted by molar-refractivity contribution is 0.102. The first-order valence-electron chi connectivity index (χ1n) is 8.38. The van der Waals surface area contributed by atoms with Gasteiger partial charge in [0.05, 0.1) is 26.6 Å². The molecule has 1 heterocycles. The monoisotopic (exact) mass is 398 g/mol. The van der Waals surface area contributed by atoms with Crippen LogP contribution in [0.25, 0.3) is 0 Å². The third-order valence-electron chi connectivity index (χ3n) is 3.99. The van der Waals surface area contributed by atoms with Crippen LogP contribution in [0.5, 0.6) is 11.5 Å². The lowest BCUT2D eigenvalue weighted by atomic mass is 10.2. The molecule has 8 heteroatoms. The second-order valence-electron chi connectivity index (χ2n) is 5.90. The molecule has 0 aliphatic carbocycles. The van der Waals surface area contributed by atoms with Crippen LogP contribution in [0.1, 0.15) is 16.1 Å². The summed E-state index contributed by atoms with van der Waals surface area (Å²) in [7, 11) is 3.14. The molecule has 3 aromatic rings. The van der Waals surface area contributed by atoms with Gasteiger partial charge >= 0.3 is 0 Å². The number of rotatable bonds is 6. The van der Waals surface area contributed by atoms with E-state index in [1.807, 2.05) is 19.1 Å². The fourth-order valence-corrected chi connectivity index (χ4v) is 2.66. The molecule has 0 aliphatic heterocycles. The predicted octanol–water partition coefficient (Wildman–Crippen LogP) is 4.45. The van der Waals surface area contributed by atoms with Crippen LogP contribution in [0.4, 0.5) is 17.2 Å². The zero-order valence-corrected chi connectivity index (χ0v) is 16.4. The Morgan fingerprint density at radius 3 is 2.46 bits per heavy atom. The minimum Gasteiger partial charge on any atom is -0.493 e. The average Bonchev–Trinajstić information content (AvgIpc) is 2.71. The summed E-state index contributed by atoms with van der Waals surface area (Å²) in [6.45, 7) is 1.88. The summed E-state index contributed by atoms with van der Waals surface area (Å²) in [6, 6.07) is 10.7. The van der Waals surface area contributed by atoms with E-state index in [0.29, 0.717) is 28.0 Å². The molecule has 0 atom stereocenters. The van der Waals surface area contributed by atoms with E-state index >= 15 is 0 Å². The fraction of sp³-hybridized carbons (Fsp3) is 0.150. The van der Waals surface area contributed by atoms with E-state index in [2.05, 4.69) is 20.6 Å². The summed E-state index contributed by atoms with van der Waals surface area (Å²) in [5, 5.41) is 6.43. The highest BCUT2D eigenvalue weighted by atomic mass is 35.5. The number of hydrogen-bond acceptors (Lipinski definition) is 6. The SMILES string of the molecule is COc1ccc(Nc2cnc(C(=O)Nc3cc(Cl)ccc3C)cn2)cc1OC. The molecule has 28 heavy (non-hydrogen) atoms. The number of carbonyl (C=O) groups excluding carboxylic acids is 1. The molecule has 1 aromatic heterocycles. The van der Waals surface area contributed by atoms with Gasteiger partial charge in [-0.15, -0.1) is 0 Å².